The summed E-state index contributed by atoms with van der Waals surface area (Å²) in [5.74, 6) is -0.685. The molecular weight excluding hydrogens is 450 g/mol. The molecule has 1 unspecified atom stereocenters. The van der Waals surface area contributed by atoms with E-state index in [9.17, 15) is 14.4 Å². The van der Waals surface area contributed by atoms with E-state index in [1.807, 2.05) is 66.9 Å². The highest BCUT2D eigenvalue weighted by Gasteiger charge is 2.19. The second kappa shape index (κ2) is 10.4. The van der Waals surface area contributed by atoms with Gasteiger partial charge in [0.05, 0.1) is 31.3 Å². The highest BCUT2D eigenvalue weighted by atomic mass is 32.1. The molecule has 0 fully saturated rings. The van der Waals surface area contributed by atoms with Crippen molar-refractivity contribution in [2.45, 2.75) is 32.4 Å². The van der Waals surface area contributed by atoms with Crippen LogP contribution in [-0.4, -0.2) is 28.5 Å². The summed E-state index contributed by atoms with van der Waals surface area (Å²) in [6, 6.07) is 16.7. The molecule has 0 aliphatic carbocycles. The first kappa shape index (κ1) is 23.4. The number of hydrogen-bond acceptors (Lipinski definition) is 6. The zero-order valence-electron chi connectivity index (χ0n) is 19.0. The SMILES string of the molecule is COC(=O)CC(NC(=O)CCn1cnc2scc(-c3ccc(C)cc3)c2c1=O)c1ccccc1. The standard InChI is InChI=1S/C26H25N3O4S/c1-17-8-10-18(11-9-17)20-15-34-25-24(20)26(32)29(16-27-25)13-12-22(30)28-21(14-23(31)33-2)19-6-4-3-5-7-19/h3-11,15-16,21H,12-14H2,1-2H3,(H,28,30). The lowest BCUT2D eigenvalue weighted by molar-refractivity contribution is -0.141. The Bertz CT molecular complexity index is 1360. The maximum absolute atomic E-state index is 13.2. The van der Waals surface area contributed by atoms with E-state index in [0.29, 0.717) is 10.2 Å². The van der Waals surface area contributed by atoms with Crippen molar-refractivity contribution in [2.75, 3.05) is 7.11 Å². The van der Waals surface area contributed by atoms with E-state index in [0.717, 1.165) is 22.3 Å². The highest BCUT2D eigenvalue weighted by molar-refractivity contribution is 7.17. The summed E-state index contributed by atoms with van der Waals surface area (Å²) >= 11 is 1.43. The van der Waals surface area contributed by atoms with Crippen molar-refractivity contribution in [3.8, 4) is 11.1 Å². The number of carbonyl (C=O) groups is 2. The third-order valence-electron chi connectivity index (χ3n) is 5.64. The minimum atomic E-state index is -0.511. The van der Waals surface area contributed by atoms with Gasteiger partial charge in [0, 0.05) is 23.9 Å². The number of benzene rings is 2. The molecule has 7 nitrogen and oxygen atoms in total. The number of thiophene rings is 1. The van der Waals surface area contributed by atoms with Gasteiger partial charge in [-0.1, -0.05) is 60.2 Å². The molecule has 34 heavy (non-hydrogen) atoms. The predicted molar refractivity (Wildman–Crippen MR) is 133 cm³/mol. The van der Waals surface area contributed by atoms with Crippen LogP contribution < -0.4 is 10.9 Å². The number of ether oxygens (including phenoxy) is 1. The number of methoxy groups -OCH3 is 1. The maximum atomic E-state index is 13.2. The number of nitrogens with zero attached hydrogens (tertiary/aromatic N) is 2. The number of aryl methyl sites for hydroxylation is 2. The predicted octanol–water partition coefficient (Wildman–Crippen LogP) is 4.24. The lowest BCUT2D eigenvalue weighted by Gasteiger charge is -2.18. The Balaban J connectivity index is 1.51. The molecule has 8 heteroatoms. The van der Waals surface area contributed by atoms with Crippen LogP contribution in [0.1, 0.15) is 30.0 Å². The van der Waals surface area contributed by atoms with Crippen molar-refractivity contribution in [3.63, 3.8) is 0 Å². The molecule has 1 amide bonds. The van der Waals surface area contributed by atoms with E-state index >= 15 is 0 Å². The molecule has 1 N–H and O–H groups in total. The van der Waals surface area contributed by atoms with E-state index < -0.39 is 12.0 Å². The number of carbonyl (C=O) groups excluding carboxylic acids is 2. The summed E-state index contributed by atoms with van der Waals surface area (Å²) in [7, 11) is 1.32. The Morgan fingerprint density at radius 3 is 2.56 bits per heavy atom. The second-order valence-electron chi connectivity index (χ2n) is 8.00. The third kappa shape index (κ3) is 5.23. The fourth-order valence-corrected chi connectivity index (χ4v) is 4.65. The quantitative estimate of drug-likeness (QED) is 0.385. The van der Waals surface area contributed by atoms with Gasteiger partial charge in [-0.25, -0.2) is 4.98 Å². The van der Waals surface area contributed by atoms with Crippen molar-refractivity contribution in [1.29, 1.82) is 0 Å². The average Bonchev–Trinajstić information content (AvgIpc) is 3.29. The zero-order valence-corrected chi connectivity index (χ0v) is 19.8. The van der Waals surface area contributed by atoms with Gasteiger partial charge in [0.2, 0.25) is 5.91 Å². The van der Waals surface area contributed by atoms with Crippen LogP contribution in [0.4, 0.5) is 0 Å². The highest BCUT2D eigenvalue weighted by Crippen LogP contribution is 2.30. The molecule has 2 heterocycles. The normalized spacial score (nSPS) is 11.8. The topological polar surface area (TPSA) is 90.3 Å². The molecule has 4 rings (SSSR count). The van der Waals surface area contributed by atoms with E-state index in [-0.39, 0.29) is 30.9 Å². The summed E-state index contributed by atoms with van der Waals surface area (Å²) in [6.07, 6.45) is 1.58. The van der Waals surface area contributed by atoms with Gasteiger partial charge in [0.25, 0.3) is 5.56 Å². The van der Waals surface area contributed by atoms with Crippen molar-refractivity contribution >= 4 is 33.4 Å². The van der Waals surface area contributed by atoms with Crippen LogP contribution in [0.25, 0.3) is 21.3 Å². The number of fused-ring (bicyclic) bond motifs is 1. The molecule has 0 radical (unpaired) electrons. The summed E-state index contributed by atoms with van der Waals surface area (Å²) in [5.41, 5.74) is 3.58. The maximum Gasteiger partial charge on any atom is 0.307 e. The molecule has 0 saturated heterocycles. The molecule has 0 saturated carbocycles. The van der Waals surface area contributed by atoms with Crippen LogP contribution in [-0.2, 0) is 20.9 Å². The number of hydrogen-bond donors (Lipinski definition) is 1. The number of amides is 1. The summed E-state index contributed by atoms with van der Waals surface area (Å²) < 4.78 is 6.24. The smallest absolute Gasteiger partial charge is 0.307 e. The van der Waals surface area contributed by atoms with Crippen LogP contribution >= 0.6 is 11.3 Å². The first-order chi connectivity index (χ1) is 16.5. The average molecular weight is 476 g/mol. The van der Waals surface area contributed by atoms with Crippen LogP contribution in [0, 0.1) is 6.92 Å². The Morgan fingerprint density at radius 2 is 1.85 bits per heavy atom. The fraction of sp³-hybridized carbons (Fsp3) is 0.231. The zero-order chi connectivity index (χ0) is 24.1. The Kier molecular flexibility index (Phi) is 7.18. The molecular formula is C26H25N3O4S. The van der Waals surface area contributed by atoms with Crippen LogP contribution in [0.2, 0.25) is 0 Å². The minimum absolute atomic E-state index is 0.0224. The summed E-state index contributed by atoms with van der Waals surface area (Å²) in [5, 5.41) is 5.39. The minimum Gasteiger partial charge on any atom is -0.469 e. The van der Waals surface area contributed by atoms with Crippen molar-refractivity contribution in [2.24, 2.45) is 0 Å². The molecule has 2 aromatic carbocycles. The molecule has 0 bridgehead atoms. The number of esters is 1. The first-order valence-electron chi connectivity index (χ1n) is 10.9. The molecule has 1 atom stereocenters. The van der Waals surface area contributed by atoms with Gasteiger partial charge in [-0.2, -0.15) is 0 Å². The summed E-state index contributed by atoms with van der Waals surface area (Å²) in [4.78, 5) is 42.9. The molecule has 174 valence electrons. The van der Waals surface area contributed by atoms with Gasteiger partial charge in [-0.05, 0) is 18.1 Å². The van der Waals surface area contributed by atoms with E-state index in [1.54, 1.807) is 0 Å². The van der Waals surface area contributed by atoms with Gasteiger partial charge >= 0.3 is 5.97 Å². The lowest BCUT2D eigenvalue weighted by Crippen LogP contribution is -2.32. The third-order valence-corrected chi connectivity index (χ3v) is 6.53. The van der Waals surface area contributed by atoms with E-state index in [2.05, 4.69) is 10.3 Å². The van der Waals surface area contributed by atoms with Crippen LogP contribution in [0.3, 0.4) is 0 Å². The van der Waals surface area contributed by atoms with E-state index in [4.69, 9.17) is 4.74 Å². The number of aromatic nitrogens is 2. The van der Waals surface area contributed by atoms with Crippen LogP contribution in [0.5, 0.6) is 0 Å². The van der Waals surface area contributed by atoms with Crippen molar-refractivity contribution < 1.29 is 14.3 Å². The molecule has 0 spiro atoms. The molecule has 0 aliphatic rings. The van der Waals surface area contributed by atoms with Crippen molar-refractivity contribution in [3.05, 3.63) is 87.8 Å². The monoisotopic (exact) mass is 475 g/mol. The molecule has 0 aliphatic heterocycles. The number of rotatable bonds is 8. The molecule has 2 aromatic heterocycles. The second-order valence-corrected chi connectivity index (χ2v) is 8.86. The Labute approximate surface area is 201 Å². The largest absolute Gasteiger partial charge is 0.469 e. The Morgan fingerprint density at radius 1 is 1.12 bits per heavy atom. The Hall–Kier alpha value is -3.78. The van der Waals surface area contributed by atoms with Crippen molar-refractivity contribution in [1.82, 2.24) is 14.9 Å². The van der Waals surface area contributed by atoms with Gasteiger partial charge in [0.15, 0.2) is 0 Å². The van der Waals surface area contributed by atoms with Gasteiger partial charge in [-0.3, -0.25) is 19.0 Å². The van der Waals surface area contributed by atoms with Crippen LogP contribution in [0.15, 0.2) is 71.1 Å². The van der Waals surface area contributed by atoms with E-state index in [1.165, 1.54) is 29.3 Å². The summed E-state index contributed by atoms with van der Waals surface area (Å²) in [6.45, 7) is 2.19. The molecule has 4 aromatic rings. The fourth-order valence-electron chi connectivity index (χ4n) is 3.75. The van der Waals surface area contributed by atoms with Gasteiger partial charge in [0.1, 0.15) is 4.83 Å². The van der Waals surface area contributed by atoms with Gasteiger partial charge in [-0.15, -0.1) is 11.3 Å². The van der Waals surface area contributed by atoms with Gasteiger partial charge < -0.3 is 10.1 Å². The lowest BCUT2D eigenvalue weighted by atomic mass is 10.0. The first-order valence-corrected chi connectivity index (χ1v) is 11.8. The number of nitrogens with one attached hydrogen (secondary N) is 1.